The molecule has 0 aliphatic carbocycles. The van der Waals surface area contributed by atoms with Crippen LogP contribution in [0.1, 0.15) is 5.56 Å². The first kappa shape index (κ1) is 15.5. The normalized spacial score (nSPS) is 9.95. The number of hydrazone groups is 1. The van der Waals surface area contributed by atoms with E-state index < -0.39 is 0 Å². The number of rotatable bonds is 5. The minimum absolute atomic E-state index is 0.104. The van der Waals surface area contributed by atoms with Crippen LogP contribution in [-0.2, 0) is 0 Å². The quantitative estimate of drug-likeness (QED) is 0.263. The van der Waals surface area contributed by atoms with Crippen LogP contribution in [0.3, 0.4) is 0 Å². The Hall–Kier alpha value is -1.53. The van der Waals surface area contributed by atoms with Crippen molar-refractivity contribution in [1.29, 1.82) is 0 Å². The third-order valence-corrected chi connectivity index (χ3v) is 2.83. The number of benzene rings is 1. The molecule has 100 valence electrons. The molecule has 0 heterocycles. The Morgan fingerprint density at radius 2 is 2.42 bits per heavy atom. The van der Waals surface area contributed by atoms with E-state index in [2.05, 4.69) is 51.3 Å². The number of terminal acetylenes is 1. The maximum atomic E-state index is 5.44. The van der Waals surface area contributed by atoms with Gasteiger partial charge >= 0.3 is 0 Å². The Kier molecular flexibility index (Phi) is 6.38. The molecule has 0 saturated heterocycles. The van der Waals surface area contributed by atoms with Crippen molar-refractivity contribution in [2.75, 3.05) is 13.7 Å². The van der Waals surface area contributed by atoms with Gasteiger partial charge in [-0.2, -0.15) is 5.10 Å². The highest BCUT2D eigenvalue weighted by Gasteiger charge is 2.10. The first-order valence-corrected chi connectivity index (χ1v) is 6.59. The van der Waals surface area contributed by atoms with Crippen molar-refractivity contribution in [3.05, 3.63) is 21.3 Å². The Balaban J connectivity index is 2.99. The highest BCUT2D eigenvalue weighted by Crippen LogP contribution is 2.33. The molecular weight excluding hydrogens is 377 g/mol. The summed E-state index contributed by atoms with van der Waals surface area (Å²) < 4.78 is 11.6. The topological polar surface area (TPSA) is 68.9 Å². The van der Waals surface area contributed by atoms with Crippen LogP contribution in [0.2, 0.25) is 0 Å². The van der Waals surface area contributed by atoms with Gasteiger partial charge in [0.25, 0.3) is 0 Å². The maximum absolute atomic E-state index is 5.44. The molecule has 0 amide bonds. The standard InChI is InChI=1S/C12H12IN3O2S/c1-3-4-18-11-9(13)5-8(6-10(11)17-2)7-15-16-12(14)19/h1,5-7H,4H2,2H3,(H3,14,16,19)/b15-7-. The molecule has 0 aliphatic heterocycles. The lowest BCUT2D eigenvalue weighted by Crippen LogP contribution is -2.24. The second-order valence-corrected chi connectivity index (χ2v) is 4.86. The first-order chi connectivity index (χ1) is 9.08. The van der Waals surface area contributed by atoms with E-state index in [0.717, 1.165) is 9.13 Å². The van der Waals surface area contributed by atoms with Gasteiger partial charge in [0.05, 0.1) is 16.9 Å². The molecular formula is C12H12IN3O2S. The van der Waals surface area contributed by atoms with Crippen molar-refractivity contribution in [3.63, 3.8) is 0 Å². The molecule has 0 radical (unpaired) electrons. The van der Waals surface area contributed by atoms with Gasteiger partial charge in [0, 0.05) is 0 Å². The van der Waals surface area contributed by atoms with Crippen molar-refractivity contribution in [3.8, 4) is 23.8 Å². The SMILES string of the molecule is C#CCOc1c(I)cc(/C=N\NC(N)=S)cc1OC. The van der Waals surface area contributed by atoms with E-state index in [4.69, 9.17) is 21.6 Å². The monoisotopic (exact) mass is 389 g/mol. The van der Waals surface area contributed by atoms with Crippen LogP contribution in [0, 0.1) is 15.9 Å². The number of hydrogen-bond donors (Lipinski definition) is 2. The average molecular weight is 389 g/mol. The molecule has 3 N–H and O–H groups in total. The van der Waals surface area contributed by atoms with Gasteiger partial charge in [-0.05, 0) is 52.5 Å². The number of thiocarbonyl (C=S) groups is 1. The maximum Gasteiger partial charge on any atom is 0.184 e. The van der Waals surface area contributed by atoms with Crippen LogP contribution < -0.4 is 20.6 Å². The van der Waals surface area contributed by atoms with E-state index in [0.29, 0.717) is 11.5 Å². The van der Waals surface area contributed by atoms with E-state index in [1.807, 2.05) is 6.07 Å². The van der Waals surface area contributed by atoms with Crippen LogP contribution >= 0.6 is 34.8 Å². The summed E-state index contributed by atoms with van der Waals surface area (Å²) in [5, 5.41) is 3.98. The second kappa shape index (κ2) is 7.81. The van der Waals surface area contributed by atoms with E-state index in [9.17, 15) is 0 Å². The largest absolute Gasteiger partial charge is 0.493 e. The van der Waals surface area contributed by atoms with Crippen LogP contribution in [0.4, 0.5) is 0 Å². The van der Waals surface area contributed by atoms with Crippen LogP contribution in [0.15, 0.2) is 17.2 Å². The minimum atomic E-state index is 0.104. The number of methoxy groups -OCH3 is 1. The Labute approximate surface area is 130 Å². The lowest BCUT2D eigenvalue weighted by atomic mass is 10.2. The third kappa shape index (κ3) is 4.92. The third-order valence-electron chi connectivity index (χ3n) is 1.94. The summed E-state index contributed by atoms with van der Waals surface area (Å²) in [6.07, 6.45) is 6.75. The molecule has 19 heavy (non-hydrogen) atoms. The zero-order valence-corrected chi connectivity index (χ0v) is 13.1. The van der Waals surface area contributed by atoms with Gasteiger partial charge in [0.1, 0.15) is 6.61 Å². The number of halogens is 1. The molecule has 0 spiro atoms. The Morgan fingerprint density at radius 1 is 1.68 bits per heavy atom. The van der Waals surface area contributed by atoms with Gasteiger partial charge in [0.15, 0.2) is 16.6 Å². The summed E-state index contributed by atoms with van der Waals surface area (Å²) in [5.41, 5.74) is 8.56. The zero-order valence-electron chi connectivity index (χ0n) is 10.1. The molecule has 0 aliphatic rings. The highest BCUT2D eigenvalue weighted by atomic mass is 127. The molecule has 1 rings (SSSR count). The Bertz CT molecular complexity index is 541. The van der Waals surface area contributed by atoms with E-state index in [1.165, 1.54) is 0 Å². The van der Waals surface area contributed by atoms with Crippen LogP contribution in [0.25, 0.3) is 0 Å². The molecule has 0 fully saturated rings. The van der Waals surface area contributed by atoms with Gasteiger partial charge in [-0.3, -0.25) is 5.43 Å². The average Bonchev–Trinajstić information content (AvgIpc) is 2.36. The molecule has 1 aromatic carbocycles. The van der Waals surface area contributed by atoms with Gasteiger partial charge in [-0.25, -0.2) is 0 Å². The predicted octanol–water partition coefficient (Wildman–Crippen LogP) is 1.48. The lowest BCUT2D eigenvalue weighted by Gasteiger charge is -2.11. The van der Waals surface area contributed by atoms with Crippen molar-refractivity contribution in [1.82, 2.24) is 5.43 Å². The van der Waals surface area contributed by atoms with Crippen molar-refractivity contribution < 1.29 is 9.47 Å². The fourth-order valence-electron chi connectivity index (χ4n) is 1.24. The van der Waals surface area contributed by atoms with Crippen molar-refractivity contribution >= 4 is 46.1 Å². The molecule has 7 heteroatoms. The van der Waals surface area contributed by atoms with Gasteiger partial charge < -0.3 is 15.2 Å². The van der Waals surface area contributed by atoms with E-state index in [1.54, 1.807) is 19.4 Å². The number of nitrogens with two attached hydrogens (primary N) is 1. The van der Waals surface area contributed by atoms with Crippen LogP contribution in [0.5, 0.6) is 11.5 Å². The van der Waals surface area contributed by atoms with Crippen molar-refractivity contribution in [2.24, 2.45) is 10.8 Å². The fraction of sp³-hybridized carbons (Fsp3) is 0.167. The van der Waals surface area contributed by atoms with Gasteiger partial charge in [0.2, 0.25) is 0 Å². The summed E-state index contributed by atoms with van der Waals surface area (Å²) >= 11 is 6.78. The van der Waals surface area contributed by atoms with Gasteiger partial charge in [-0.15, -0.1) is 6.42 Å². The summed E-state index contributed by atoms with van der Waals surface area (Å²) in [5.74, 6) is 3.60. The molecule has 0 bridgehead atoms. The fourth-order valence-corrected chi connectivity index (χ4v) is 2.07. The lowest BCUT2D eigenvalue weighted by molar-refractivity contribution is 0.328. The first-order valence-electron chi connectivity index (χ1n) is 5.10. The second-order valence-electron chi connectivity index (χ2n) is 3.26. The predicted molar refractivity (Wildman–Crippen MR) is 87.6 cm³/mol. The molecule has 0 saturated carbocycles. The molecule has 5 nitrogen and oxygen atoms in total. The van der Waals surface area contributed by atoms with Crippen LogP contribution in [-0.4, -0.2) is 25.0 Å². The number of nitrogens with zero attached hydrogens (tertiary/aromatic N) is 1. The molecule has 0 atom stereocenters. The zero-order chi connectivity index (χ0) is 14.3. The smallest absolute Gasteiger partial charge is 0.184 e. The van der Waals surface area contributed by atoms with E-state index in [-0.39, 0.29) is 11.7 Å². The summed E-state index contributed by atoms with van der Waals surface area (Å²) in [6, 6.07) is 3.65. The minimum Gasteiger partial charge on any atom is -0.493 e. The molecule has 0 unspecified atom stereocenters. The van der Waals surface area contributed by atoms with Gasteiger partial charge in [-0.1, -0.05) is 5.92 Å². The highest BCUT2D eigenvalue weighted by molar-refractivity contribution is 14.1. The Morgan fingerprint density at radius 3 is 3.00 bits per heavy atom. The summed E-state index contributed by atoms with van der Waals surface area (Å²) in [6.45, 7) is 0.183. The molecule has 0 aromatic heterocycles. The van der Waals surface area contributed by atoms with Crippen molar-refractivity contribution in [2.45, 2.75) is 0 Å². The number of ether oxygens (including phenoxy) is 2. The summed E-state index contributed by atoms with van der Waals surface area (Å²) in [4.78, 5) is 0. The number of hydrogen-bond acceptors (Lipinski definition) is 4. The molecule has 1 aromatic rings. The number of nitrogens with one attached hydrogen (secondary N) is 1. The van der Waals surface area contributed by atoms with E-state index >= 15 is 0 Å². The summed E-state index contributed by atoms with van der Waals surface area (Å²) in [7, 11) is 1.56.